The van der Waals surface area contributed by atoms with E-state index in [1.807, 2.05) is 0 Å². The zero-order chi connectivity index (χ0) is 9.14. The fraction of sp³-hybridized carbons (Fsp3) is 0.875. The lowest BCUT2D eigenvalue weighted by molar-refractivity contribution is -0.141. The first-order chi connectivity index (χ1) is 5.65. The lowest BCUT2D eigenvalue weighted by Crippen LogP contribution is -2.17. The molecule has 0 spiro atoms. The maximum absolute atomic E-state index is 10.7. The SMILES string of the molecule is NCC[C@H]1C[C@@H](I)[C@@H](C(=O)O)C1. The van der Waals surface area contributed by atoms with Gasteiger partial charge in [0, 0.05) is 3.92 Å². The summed E-state index contributed by atoms with van der Waals surface area (Å²) in [7, 11) is 0. The second-order valence-electron chi connectivity index (χ2n) is 3.38. The van der Waals surface area contributed by atoms with E-state index < -0.39 is 5.97 Å². The third kappa shape index (κ3) is 2.32. The predicted octanol–water partition coefficient (Wildman–Crippen LogP) is 1.25. The van der Waals surface area contributed by atoms with E-state index in [2.05, 4.69) is 22.6 Å². The monoisotopic (exact) mass is 283 g/mol. The number of hydrogen-bond donors (Lipinski definition) is 2. The third-order valence-corrected chi connectivity index (χ3v) is 3.85. The van der Waals surface area contributed by atoms with Crippen LogP contribution in [0.1, 0.15) is 19.3 Å². The average Bonchev–Trinajstić information content (AvgIpc) is 2.32. The summed E-state index contributed by atoms with van der Waals surface area (Å²) in [6, 6.07) is 0. The zero-order valence-corrected chi connectivity index (χ0v) is 9.03. The first kappa shape index (κ1) is 10.2. The number of rotatable bonds is 3. The van der Waals surface area contributed by atoms with Crippen molar-refractivity contribution in [1.82, 2.24) is 0 Å². The highest BCUT2D eigenvalue weighted by atomic mass is 127. The van der Waals surface area contributed by atoms with Gasteiger partial charge in [0.2, 0.25) is 0 Å². The second kappa shape index (κ2) is 4.41. The van der Waals surface area contributed by atoms with Crippen LogP contribution in [0.5, 0.6) is 0 Å². The van der Waals surface area contributed by atoms with Crippen LogP contribution >= 0.6 is 22.6 Å². The summed E-state index contributed by atoms with van der Waals surface area (Å²) in [5.41, 5.74) is 5.43. The van der Waals surface area contributed by atoms with Gasteiger partial charge in [-0.3, -0.25) is 4.79 Å². The molecule has 4 heteroatoms. The molecule has 0 bridgehead atoms. The van der Waals surface area contributed by atoms with Gasteiger partial charge >= 0.3 is 5.97 Å². The number of carboxylic acids is 1. The van der Waals surface area contributed by atoms with Crippen LogP contribution in [-0.2, 0) is 4.79 Å². The summed E-state index contributed by atoms with van der Waals surface area (Å²) in [5.74, 6) is -0.242. The summed E-state index contributed by atoms with van der Waals surface area (Å²) < 4.78 is 0.302. The standard InChI is InChI=1S/C8H14INO2/c9-7-4-5(1-2-10)3-6(7)8(11)12/h5-7H,1-4,10H2,(H,11,12)/t5-,6+,7-/m1/s1. The predicted molar refractivity (Wildman–Crippen MR) is 55.3 cm³/mol. The Morgan fingerprint density at radius 1 is 1.58 bits per heavy atom. The molecule has 3 nitrogen and oxygen atoms in total. The first-order valence-corrected chi connectivity index (χ1v) is 5.46. The van der Waals surface area contributed by atoms with E-state index in [9.17, 15) is 4.79 Å². The Kier molecular flexibility index (Phi) is 3.77. The third-order valence-electron chi connectivity index (χ3n) is 2.47. The number of carboxylic acid groups (broad SMARTS) is 1. The summed E-state index contributed by atoms with van der Waals surface area (Å²) in [5, 5.41) is 8.83. The van der Waals surface area contributed by atoms with Crippen molar-refractivity contribution in [3.8, 4) is 0 Å². The average molecular weight is 283 g/mol. The molecule has 0 amide bonds. The lowest BCUT2D eigenvalue weighted by Gasteiger charge is -2.06. The van der Waals surface area contributed by atoms with Gasteiger partial charge in [-0.15, -0.1) is 0 Å². The first-order valence-electron chi connectivity index (χ1n) is 4.22. The molecule has 0 heterocycles. The summed E-state index contributed by atoms with van der Waals surface area (Å²) in [6.07, 6.45) is 2.82. The summed E-state index contributed by atoms with van der Waals surface area (Å²) in [6.45, 7) is 0.681. The van der Waals surface area contributed by atoms with Crippen molar-refractivity contribution in [2.45, 2.75) is 23.2 Å². The van der Waals surface area contributed by atoms with E-state index in [1.165, 1.54) is 0 Å². The highest BCUT2D eigenvalue weighted by molar-refractivity contribution is 14.1. The molecule has 0 aromatic carbocycles. The normalized spacial score (nSPS) is 35.3. The van der Waals surface area contributed by atoms with Crippen LogP contribution in [0.3, 0.4) is 0 Å². The maximum Gasteiger partial charge on any atom is 0.307 e. The Bertz CT molecular complexity index is 174. The zero-order valence-electron chi connectivity index (χ0n) is 6.87. The Morgan fingerprint density at radius 2 is 2.25 bits per heavy atom. The molecule has 1 aliphatic carbocycles. The topological polar surface area (TPSA) is 63.3 Å². The van der Waals surface area contributed by atoms with Gasteiger partial charge in [-0.1, -0.05) is 22.6 Å². The fourth-order valence-corrected chi connectivity index (χ4v) is 3.13. The largest absolute Gasteiger partial charge is 0.481 e. The molecular weight excluding hydrogens is 269 g/mol. The molecule has 0 unspecified atom stereocenters. The van der Waals surface area contributed by atoms with Gasteiger partial charge in [-0.2, -0.15) is 0 Å². The highest BCUT2D eigenvalue weighted by Crippen LogP contribution is 2.37. The minimum absolute atomic E-state index is 0.137. The fourth-order valence-electron chi connectivity index (χ4n) is 1.81. The molecule has 0 radical (unpaired) electrons. The van der Waals surface area contributed by atoms with Crippen molar-refractivity contribution >= 4 is 28.6 Å². The van der Waals surface area contributed by atoms with E-state index in [0.717, 1.165) is 19.3 Å². The van der Waals surface area contributed by atoms with Crippen LogP contribution in [0.2, 0.25) is 0 Å². The van der Waals surface area contributed by atoms with Gasteiger partial charge in [-0.05, 0) is 31.7 Å². The molecular formula is C8H14INO2. The molecule has 1 aliphatic rings. The summed E-state index contributed by atoms with van der Waals surface area (Å²) >= 11 is 2.24. The number of nitrogens with two attached hydrogens (primary N) is 1. The molecule has 12 heavy (non-hydrogen) atoms. The minimum atomic E-state index is -0.645. The Labute approximate surface area is 85.8 Å². The van der Waals surface area contributed by atoms with Crippen LogP contribution in [0.15, 0.2) is 0 Å². The molecule has 0 aliphatic heterocycles. The molecule has 1 saturated carbocycles. The molecule has 1 fully saturated rings. The van der Waals surface area contributed by atoms with Gasteiger partial charge in [0.05, 0.1) is 5.92 Å². The van der Waals surface area contributed by atoms with Crippen LogP contribution in [-0.4, -0.2) is 21.5 Å². The molecule has 3 atom stereocenters. The van der Waals surface area contributed by atoms with Crippen molar-refractivity contribution in [3.05, 3.63) is 0 Å². The van der Waals surface area contributed by atoms with Crippen molar-refractivity contribution in [2.75, 3.05) is 6.54 Å². The highest BCUT2D eigenvalue weighted by Gasteiger charge is 2.36. The van der Waals surface area contributed by atoms with Gasteiger partial charge in [-0.25, -0.2) is 0 Å². The quantitative estimate of drug-likeness (QED) is 0.605. The molecule has 0 saturated heterocycles. The number of hydrogen-bond acceptors (Lipinski definition) is 2. The van der Waals surface area contributed by atoms with Crippen LogP contribution in [0.4, 0.5) is 0 Å². The Morgan fingerprint density at radius 3 is 2.67 bits per heavy atom. The van der Waals surface area contributed by atoms with Crippen molar-refractivity contribution < 1.29 is 9.90 Å². The van der Waals surface area contributed by atoms with Crippen LogP contribution < -0.4 is 5.73 Å². The molecule has 0 aromatic rings. The van der Waals surface area contributed by atoms with Crippen molar-refractivity contribution in [2.24, 2.45) is 17.6 Å². The molecule has 0 aromatic heterocycles. The van der Waals surface area contributed by atoms with Crippen molar-refractivity contribution in [1.29, 1.82) is 0 Å². The molecule has 70 valence electrons. The van der Waals surface area contributed by atoms with Gasteiger partial charge in [0.15, 0.2) is 0 Å². The van der Waals surface area contributed by atoms with E-state index in [0.29, 0.717) is 16.4 Å². The Balaban J connectivity index is 2.44. The van der Waals surface area contributed by atoms with E-state index in [1.54, 1.807) is 0 Å². The maximum atomic E-state index is 10.7. The van der Waals surface area contributed by atoms with Crippen molar-refractivity contribution in [3.63, 3.8) is 0 Å². The van der Waals surface area contributed by atoms with E-state index in [-0.39, 0.29) is 5.92 Å². The van der Waals surface area contributed by atoms with Gasteiger partial charge in [0.25, 0.3) is 0 Å². The Hall–Kier alpha value is 0.160. The van der Waals surface area contributed by atoms with Crippen LogP contribution in [0, 0.1) is 11.8 Å². The second-order valence-corrected chi connectivity index (χ2v) is 4.98. The number of carbonyl (C=O) groups is 1. The van der Waals surface area contributed by atoms with E-state index >= 15 is 0 Å². The number of aliphatic carboxylic acids is 1. The number of halogens is 1. The lowest BCUT2D eigenvalue weighted by atomic mass is 10.0. The van der Waals surface area contributed by atoms with Gasteiger partial charge in [0.1, 0.15) is 0 Å². The van der Waals surface area contributed by atoms with Crippen LogP contribution in [0.25, 0.3) is 0 Å². The number of alkyl halides is 1. The molecule has 3 N–H and O–H groups in total. The van der Waals surface area contributed by atoms with E-state index in [4.69, 9.17) is 10.8 Å². The minimum Gasteiger partial charge on any atom is -0.481 e. The van der Waals surface area contributed by atoms with Gasteiger partial charge < -0.3 is 10.8 Å². The molecule has 1 rings (SSSR count). The smallest absolute Gasteiger partial charge is 0.307 e. The summed E-state index contributed by atoms with van der Waals surface area (Å²) in [4.78, 5) is 10.7.